The van der Waals surface area contributed by atoms with Crippen molar-refractivity contribution in [3.05, 3.63) is 29.8 Å². The number of benzene rings is 1. The number of amidine groups is 1. The van der Waals surface area contributed by atoms with E-state index in [1.807, 2.05) is 0 Å². The van der Waals surface area contributed by atoms with E-state index < -0.39 is 34.0 Å². The zero-order valence-corrected chi connectivity index (χ0v) is 15.5. The van der Waals surface area contributed by atoms with Crippen molar-refractivity contribution in [3.8, 4) is 0 Å². The molecule has 1 aromatic carbocycles. The van der Waals surface area contributed by atoms with E-state index >= 15 is 0 Å². The summed E-state index contributed by atoms with van der Waals surface area (Å²) in [5.41, 5.74) is 0.387. The Morgan fingerprint density at radius 2 is 1.96 bits per heavy atom. The molecular weight excluding hydrogens is 362 g/mol. The van der Waals surface area contributed by atoms with Crippen LogP contribution in [0.3, 0.4) is 0 Å². The van der Waals surface area contributed by atoms with Crippen LogP contribution in [0.2, 0.25) is 0 Å². The van der Waals surface area contributed by atoms with E-state index in [2.05, 4.69) is 15.0 Å². The van der Waals surface area contributed by atoms with Crippen LogP contribution in [0.4, 0.5) is 0 Å². The van der Waals surface area contributed by atoms with Crippen molar-refractivity contribution in [1.29, 1.82) is 0 Å². The largest absolute Gasteiger partial charge is 0.451 e. The lowest BCUT2D eigenvalue weighted by atomic mass is 10.2. The minimum atomic E-state index is -3.68. The Hall–Kier alpha value is -2.46. The average Bonchev–Trinajstić information content (AvgIpc) is 2.85. The lowest BCUT2D eigenvalue weighted by Crippen LogP contribution is -2.39. The molecule has 1 aliphatic rings. The number of esters is 1. The number of hydrogen-bond acceptors (Lipinski definition) is 7. The molecule has 10 heteroatoms. The van der Waals surface area contributed by atoms with Gasteiger partial charge in [-0.2, -0.15) is 0 Å². The summed E-state index contributed by atoms with van der Waals surface area (Å²) in [5.74, 6) is -1.13. The van der Waals surface area contributed by atoms with Crippen molar-refractivity contribution in [2.24, 2.45) is 4.99 Å². The first-order valence-electron chi connectivity index (χ1n) is 7.93. The van der Waals surface area contributed by atoms with Crippen molar-refractivity contribution in [3.63, 3.8) is 0 Å². The molecule has 0 fully saturated rings. The molecular formula is C16H21N3O6S. The Morgan fingerprint density at radius 1 is 1.27 bits per heavy atom. The molecule has 2 atom stereocenters. The van der Waals surface area contributed by atoms with Gasteiger partial charge in [-0.15, -0.1) is 0 Å². The maximum Gasteiger partial charge on any atom is 0.331 e. The lowest BCUT2D eigenvalue weighted by molar-refractivity contribution is -0.155. The topological polar surface area (TPSA) is 123 Å². The van der Waals surface area contributed by atoms with E-state index in [0.717, 1.165) is 0 Å². The Bertz CT molecular complexity index is 821. The second-order valence-electron chi connectivity index (χ2n) is 5.62. The number of sulfonamides is 1. The maximum atomic E-state index is 12.1. The van der Waals surface area contributed by atoms with Crippen molar-refractivity contribution >= 4 is 27.7 Å². The molecule has 0 saturated carbocycles. The molecule has 2 N–H and O–H groups in total. The third-order valence-corrected chi connectivity index (χ3v) is 4.99. The maximum absolute atomic E-state index is 12.1. The molecule has 0 saturated heterocycles. The van der Waals surface area contributed by atoms with Gasteiger partial charge in [0.2, 0.25) is 0 Å². The van der Waals surface area contributed by atoms with Crippen molar-refractivity contribution in [2.75, 3.05) is 20.3 Å². The fourth-order valence-corrected chi connectivity index (χ4v) is 3.46. The number of nitrogens with zero attached hydrogens (tertiary/aromatic N) is 1. The molecule has 1 amide bonds. The number of carbonyl (C=O) groups excluding carboxylic acids is 2. The Kier molecular flexibility index (Phi) is 6.32. The number of aliphatic imine (C=N–C) groups is 1. The Balaban J connectivity index is 2.03. The highest BCUT2D eigenvalue weighted by atomic mass is 32.2. The number of nitrogens with one attached hydrogen (secondary N) is 2. The minimum Gasteiger partial charge on any atom is -0.451 e. The number of carbonyl (C=O) groups is 2. The number of ether oxygens (including phenoxy) is 2. The molecule has 0 bridgehead atoms. The molecule has 1 aliphatic heterocycles. The molecule has 0 unspecified atom stereocenters. The van der Waals surface area contributed by atoms with Crippen LogP contribution in [-0.2, 0) is 29.1 Å². The first-order valence-corrected chi connectivity index (χ1v) is 9.41. The number of methoxy groups -OCH3 is 1. The van der Waals surface area contributed by atoms with Crippen LogP contribution in [0, 0.1) is 0 Å². The van der Waals surface area contributed by atoms with Gasteiger partial charge in [0.25, 0.3) is 15.9 Å². The third kappa shape index (κ3) is 4.58. The van der Waals surface area contributed by atoms with Gasteiger partial charge >= 0.3 is 5.97 Å². The molecule has 0 aromatic heterocycles. The summed E-state index contributed by atoms with van der Waals surface area (Å²) in [7, 11) is -2.18. The average molecular weight is 383 g/mol. The van der Waals surface area contributed by atoms with Crippen LogP contribution in [0.15, 0.2) is 34.2 Å². The number of rotatable bonds is 7. The molecule has 0 radical (unpaired) electrons. The van der Waals surface area contributed by atoms with Gasteiger partial charge in [-0.05, 0) is 26.0 Å². The van der Waals surface area contributed by atoms with Gasteiger partial charge in [-0.3, -0.25) is 14.5 Å². The minimum absolute atomic E-state index is 0.0715. The van der Waals surface area contributed by atoms with Gasteiger partial charge in [0.1, 0.15) is 11.9 Å². The highest BCUT2D eigenvalue weighted by molar-refractivity contribution is 7.90. The Labute approximate surface area is 151 Å². The SMILES string of the molecule is COCCNC(=O)[C@@H](C)OC(=O)[C@H](C)N=C1NS(=O)(=O)c2ccccc21. The Morgan fingerprint density at radius 3 is 2.65 bits per heavy atom. The summed E-state index contributed by atoms with van der Waals surface area (Å²) < 4.78 is 36.3. The summed E-state index contributed by atoms with van der Waals surface area (Å²) in [6.07, 6.45) is -1.01. The summed E-state index contributed by atoms with van der Waals surface area (Å²) in [6, 6.07) is 5.33. The molecule has 26 heavy (non-hydrogen) atoms. The van der Waals surface area contributed by atoms with E-state index in [0.29, 0.717) is 18.7 Å². The quantitative estimate of drug-likeness (QED) is 0.497. The number of amides is 1. The molecule has 0 spiro atoms. The molecule has 1 aromatic rings. The van der Waals surface area contributed by atoms with Crippen molar-refractivity contribution in [2.45, 2.75) is 30.9 Å². The summed E-state index contributed by atoms with van der Waals surface area (Å²) >= 11 is 0. The molecule has 142 valence electrons. The normalized spacial score (nSPS) is 18.5. The fourth-order valence-electron chi connectivity index (χ4n) is 2.22. The third-order valence-electron chi connectivity index (χ3n) is 3.59. The van der Waals surface area contributed by atoms with Crippen LogP contribution in [-0.4, -0.2) is 58.5 Å². The van der Waals surface area contributed by atoms with Crippen LogP contribution in [0.1, 0.15) is 19.4 Å². The molecule has 0 aliphatic carbocycles. The predicted octanol–water partition coefficient (Wildman–Crippen LogP) is -0.192. The van der Waals surface area contributed by atoms with Crippen LogP contribution >= 0.6 is 0 Å². The number of hydrogen-bond donors (Lipinski definition) is 2. The second-order valence-corrected chi connectivity index (χ2v) is 7.27. The summed E-state index contributed by atoms with van der Waals surface area (Å²) in [6.45, 7) is 3.54. The van der Waals surface area contributed by atoms with E-state index in [9.17, 15) is 18.0 Å². The standard InChI is InChI=1S/C16H21N3O6S/c1-10(16(21)25-11(2)15(20)17-8-9-24-3)18-14-12-6-4-5-7-13(12)26(22,23)19-14/h4-7,10-11H,8-9H2,1-3H3,(H,17,20)(H,18,19)/t10-,11+/m0/s1. The lowest BCUT2D eigenvalue weighted by Gasteiger charge is -2.15. The van der Waals surface area contributed by atoms with Crippen molar-refractivity contribution < 1.29 is 27.5 Å². The van der Waals surface area contributed by atoms with Gasteiger partial charge < -0.3 is 14.8 Å². The predicted molar refractivity (Wildman–Crippen MR) is 93.2 cm³/mol. The highest BCUT2D eigenvalue weighted by Gasteiger charge is 2.31. The van der Waals surface area contributed by atoms with E-state index in [4.69, 9.17) is 9.47 Å². The van der Waals surface area contributed by atoms with Crippen LogP contribution in [0.25, 0.3) is 0 Å². The van der Waals surface area contributed by atoms with Crippen LogP contribution in [0.5, 0.6) is 0 Å². The second kappa shape index (κ2) is 8.28. The van der Waals surface area contributed by atoms with Gasteiger partial charge in [0.15, 0.2) is 6.10 Å². The van der Waals surface area contributed by atoms with E-state index in [1.54, 1.807) is 18.2 Å². The zero-order chi connectivity index (χ0) is 19.3. The molecule has 9 nitrogen and oxygen atoms in total. The molecule has 1 heterocycles. The summed E-state index contributed by atoms with van der Waals surface area (Å²) in [4.78, 5) is 28.1. The van der Waals surface area contributed by atoms with E-state index in [-0.39, 0.29) is 10.7 Å². The fraction of sp³-hybridized carbons (Fsp3) is 0.438. The first kappa shape index (κ1) is 19.9. The van der Waals surface area contributed by atoms with Gasteiger partial charge in [-0.1, -0.05) is 12.1 Å². The smallest absolute Gasteiger partial charge is 0.331 e. The monoisotopic (exact) mass is 383 g/mol. The highest BCUT2D eigenvalue weighted by Crippen LogP contribution is 2.22. The van der Waals surface area contributed by atoms with Gasteiger partial charge in [0, 0.05) is 19.2 Å². The van der Waals surface area contributed by atoms with Gasteiger partial charge in [-0.25, -0.2) is 13.2 Å². The molecule has 2 rings (SSSR count). The summed E-state index contributed by atoms with van der Waals surface area (Å²) in [5, 5.41) is 2.56. The number of fused-ring (bicyclic) bond motifs is 1. The zero-order valence-electron chi connectivity index (χ0n) is 14.7. The first-order chi connectivity index (χ1) is 12.3. The van der Waals surface area contributed by atoms with Crippen molar-refractivity contribution in [1.82, 2.24) is 10.0 Å². The van der Waals surface area contributed by atoms with E-state index in [1.165, 1.54) is 27.0 Å². The van der Waals surface area contributed by atoms with Crippen LogP contribution < -0.4 is 10.0 Å². The van der Waals surface area contributed by atoms with Gasteiger partial charge in [0.05, 0.1) is 11.5 Å².